The van der Waals surface area contributed by atoms with E-state index in [2.05, 4.69) is 15.8 Å². The summed E-state index contributed by atoms with van der Waals surface area (Å²) in [6.45, 7) is 0.272. The Hall–Kier alpha value is -3.68. The molecule has 3 N–H and O–H groups in total. The van der Waals surface area contributed by atoms with Gasteiger partial charge in [-0.25, -0.2) is 10.2 Å². The van der Waals surface area contributed by atoms with E-state index in [1.54, 1.807) is 36.4 Å². The van der Waals surface area contributed by atoms with E-state index in [0.29, 0.717) is 11.3 Å². The van der Waals surface area contributed by atoms with E-state index >= 15 is 0 Å². The summed E-state index contributed by atoms with van der Waals surface area (Å²) in [5.74, 6) is -2.05. The minimum atomic E-state index is -0.979. The molecule has 8 heteroatoms. The van der Waals surface area contributed by atoms with E-state index in [4.69, 9.17) is 9.84 Å². The van der Waals surface area contributed by atoms with E-state index in [-0.39, 0.29) is 12.2 Å². The summed E-state index contributed by atoms with van der Waals surface area (Å²) in [6.07, 6.45) is 1.38. The van der Waals surface area contributed by atoms with Gasteiger partial charge >= 0.3 is 17.8 Å². The van der Waals surface area contributed by atoms with Crippen LogP contribution in [0, 0.1) is 0 Å². The van der Waals surface area contributed by atoms with E-state index in [0.717, 1.165) is 5.56 Å². The van der Waals surface area contributed by atoms with Gasteiger partial charge in [0, 0.05) is 7.05 Å². The van der Waals surface area contributed by atoms with Crippen LogP contribution in [0.5, 0.6) is 5.75 Å². The van der Waals surface area contributed by atoms with Crippen molar-refractivity contribution in [1.82, 2.24) is 10.7 Å². The molecule has 26 heavy (non-hydrogen) atoms. The molecule has 0 spiro atoms. The standard InChI is InChI=1S/C18H17N3O5/c1-19-16(22)17(23)21-20-10-13-3-2-4-15(9-13)26-11-12-5-7-14(8-6-12)18(24)25/h2-10H,11H2,1H3,(H,19,22)(H,21,23)(H,24,25)/b20-10-. The van der Waals surface area contributed by atoms with E-state index < -0.39 is 17.8 Å². The maximum atomic E-state index is 11.3. The number of benzene rings is 2. The van der Waals surface area contributed by atoms with Gasteiger partial charge in [0.05, 0.1) is 11.8 Å². The first kappa shape index (κ1) is 18.7. The highest BCUT2D eigenvalue weighted by Gasteiger charge is 2.08. The van der Waals surface area contributed by atoms with Crippen molar-refractivity contribution in [3.63, 3.8) is 0 Å². The number of ether oxygens (including phenoxy) is 1. The number of carboxylic acid groups (broad SMARTS) is 1. The van der Waals surface area contributed by atoms with Crippen molar-refractivity contribution in [2.45, 2.75) is 6.61 Å². The summed E-state index contributed by atoms with van der Waals surface area (Å²) < 4.78 is 5.66. The molecule has 0 saturated carbocycles. The zero-order valence-corrected chi connectivity index (χ0v) is 13.9. The van der Waals surface area contributed by atoms with Crippen LogP contribution in [0.15, 0.2) is 53.6 Å². The second-order valence-electron chi connectivity index (χ2n) is 5.14. The predicted molar refractivity (Wildman–Crippen MR) is 94.0 cm³/mol. The van der Waals surface area contributed by atoms with Gasteiger partial charge in [0.1, 0.15) is 12.4 Å². The van der Waals surface area contributed by atoms with Crippen molar-refractivity contribution < 1.29 is 24.2 Å². The molecule has 0 radical (unpaired) electrons. The number of rotatable bonds is 6. The maximum Gasteiger partial charge on any atom is 0.335 e. The molecular weight excluding hydrogens is 338 g/mol. The van der Waals surface area contributed by atoms with Crippen LogP contribution in [0.2, 0.25) is 0 Å². The normalized spacial score (nSPS) is 10.3. The maximum absolute atomic E-state index is 11.3. The molecule has 134 valence electrons. The van der Waals surface area contributed by atoms with Crippen molar-refractivity contribution in [3.05, 3.63) is 65.2 Å². The number of nitrogens with one attached hydrogen (secondary N) is 2. The van der Waals surface area contributed by atoms with Crippen LogP contribution >= 0.6 is 0 Å². The summed E-state index contributed by atoms with van der Waals surface area (Å²) in [7, 11) is 1.35. The Morgan fingerprint density at radius 3 is 2.50 bits per heavy atom. The predicted octanol–water partition coefficient (Wildman–Crippen LogP) is 1.16. The third-order valence-electron chi connectivity index (χ3n) is 3.28. The van der Waals surface area contributed by atoms with Gasteiger partial charge in [-0.1, -0.05) is 24.3 Å². The fourth-order valence-corrected chi connectivity index (χ4v) is 1.92. The lowest BCUT2D eigenvalue weighted by Crippen LogP contribution is -2.35. The zero-order valence-electron chi connectivity index (χ0n) is 13.9. The molecule has 2 amide bonds. The number of carboxylic acids is 1. The van der Waals surface area contributed by atoms with Crippen LogP contribution in [-0.2, 0) is 16.2 Å². The van der Waals surface area contributed by atoms with Gasteiger partial charge in [0.2, 0.25) is 0 Å². The molecule has 2 aromatic carbocycles. The number of carbonyl (C=O) groups excluding carboxylic acids is 2. The number of amides is 2. The lowest BCUT2D eigenvalue weighted by atomic mass is 10.1. The van der Waals surface area contributed by atoms with E-state index in [1.165, 1.54) is 25.4 Å². The first-order valence-corrected chi connectivity index (χ1v) is 7.60. The molecule has 0 aliphatic carbocycles. The second-order valence-corrected chi connectivity index (χ2v) is 5.14. The Morgan fingerprint density at radius 2 is 1.85 bits per heavy atom. The molecule has 0 aliphatic heterocycles. The van der Waals surface area contributed by atoms with Crippen molar-refractivity contribution in [3.8, 4) is 5.75 Å². The highest BCUT2D eigenvalue weighted by atomic mass is 16.5. The van der Waals surface area contributed by atoms with Crippen molar-refractivity contribution in [1.29, 1.82) is 0 Å². The molecule has 2 aromatic rings. The van der Waals surface area contributed by atoms with Gasteiger partial charge in [0.25, 0.3) is 0 Å². The summed E-state index contributed by atoms with van der Waals surface area (Å²) in [4.78, 5) is 33.1. The third-order valence-corrected chi connectivity index (χ3v) is 3.28. The lowest BCUT2D eigenvalue weighted by molar-refractivity contribution is -0.138. The molecule has 0 fully saturated rings. The topological polar surface area (TPSA) is 117 Å². The number of likely N-dealkylation sites (N-methyl/N-ethyl adjacent to an activating group) is 1. The smallest absolute Gasteiger partial charge is 0.335 e. The Labute approximate surface area is 149 Å². The molecule has 0 saturated heterocycles. The Balaban J connectivity index is 1.93. The average Bonchev–Trinajstić information content (AvgIpc) is 2.66. The summed E-state index contributed by atoms with van der Waals surface area (Å²) in [5, 5.41) is 14.8. The number of hydrazone groups is 1. The highest BCUT2D eigenvalue weighted by molar-refractivity contribution is 6.34. The van der Waals surface area contributed by atoms with E-state index in [1.807, 2.05) is 0 Å². The minimum absolute atomic E-state index is 0.214. The number of hydrogen-bond acceptors (Lipinski definition) is 5. The fraction of sp³-hybridized carbons (Fsp3) is 0.111. The molecule has 8 nitrogen and oxygen atoms in total. The van der Waals surface area contributed by atoms with Gasteiger partial charge in [-0.2, -0.15) is 5.10 Å². The third kappa shape index (κ3) is 5.45. The highest BCUT2D eigenvalue weighted by Crippen LogP contribution is 2.14. The molecule has 2 rings (SSSR count). The summed E-state index contributed by atoms with van der Waals surface area (Å²) in [6, 6.07) is 13.4. The monoisotopic (exact) mass is 355 g/mol. The van der Waals surface area contributed by atoms with Gasteiger partial charge in [0.15, 0.2) is 0 Å². The lowest BCUT2D eigenvalue weighted by Gasteiger charge is -2.07. The quantitative estimate of drug-likeness (QED) is 0.408. The molecule has 0 heterocycles. The molecule has 0 unspecified atom stereocenters. The second kappa shape index (κ2) is 8.97. The van der Waals surface area contributed by atoms with Crippen LogP contribution < -0.4 is 15.5 Å². The van der Waals surface area contributed by atoms with Crippen LogP contribution in [-0.4, -0.2) is 36.2 Å². The fourth-order valence-electron chi connectivity index (χ4n) is 1.92. The first-order valence-electron chi connectivity index (χ1n) is 7.60. The van der Waals surface area contributed by atoms with Crippen LogP contribution in [0.25, 0.3) is 0 Å². The average molecular weight is 355 g/mol. The Kier molecular flexibility index (Phi) is 6.44. The van der Waals surface area contributed by atoms with Gasteiger partial charge < -0.3 is 15.2 Å². The van der Waals surface area contributed by atoms with E-state index in [9.17, 15) is 14.4 Å². The summed E-state index contributed by atoms with van der Waals surface area (Å²) in [5.41, 5.74) is 3.81. The largest absolute Gasteiger partial charge is 0.489 e. The van der Waals surface area contributed by atoms with Crippen molar-refractivity contribution in [2.24, 2.45) is 5.10 Å². The minimum Gasteiger partial charge on any atom is -0.489 e. The Bertz CT molecular complexity index is 831. The number of nitrogens with zero attached hydrogens (tertiary/aromatic N) is 1. The molecule has 0 atom stereocenters. The zero-order chi connectivity index (χ0) is 18.9. The number of carbonyl (C=O) groups is 3. The SMILES string of the molecule is CNC(=O)C(=O)N/N=C\c1cccc(OCc2ccc(C(=O)O)cc2)c1. The number of aromatic carboxylic acids is 1. The number of hydrogen-bond donors (Lipinski definition) is 3. The van der Waals surface area contributed by atoms with Gasteiger partial charge in [-0.15, -0.1) is 0 Å². The molecule has 0 aromatic heterocycles. The van der Waals surface area contributed by atoms with Crippen LogP contribution in [0.1, 0.15) is 21.5 Å². The van der Waals surface area contributed by atoms with Crippen LogP contribution in [0.3, 0.4) is 0 Å². The van der Waals surface area contributed by atoms with Gasteiger partial charge in [-0.3, -0.25) is 9.59 Å². The molecular formula is C18H17N3O5. The first-order chi connectivity index (χ1) is 12.5. The Morgan fingerprint density at radius 1 is 1.12 bits per heavy atom. The van der Waals surface area contributed by atoms with Gasteiger partial charge in [-0.05, 0) is 35.4 Å². The molecule has 0 bridgehead atoms. The molecule has 0 aliphatic rings. The summed E-state index contributed by atoms with van der Waals surface area (Å²) >= 11 is 0. The van der Waals surface area contributed by atoms with Crippen molar-refractivity contribution >= 4 is 24.0 Å². The van der Waals surface area contributed by atoms with Crippen LogP contribution in [0.4, 0.5) is 0 Å². The van der Waals surface area contributed by atoms with Crippen molar-refractivity contribution in [2.75, 3.05) is 7.05 Å².